The molecular weight excluding hydrogens is 382 g/mol. The van der Waals surface area contributed by atoms with Crippen LogP contribution < -0.4 is 5.56 Å². The predicted octanol–water partition coefficient (Wildman–Crippen LogP) is 5.85. The molecule has 1 saturated carbocycles. The fourth-order valence-corrected chi connectivity index (χ4v) is 4.84. The summed E-state index contributed by atoms with van der Waals surface area (Å²) in [5.74, 6) is 0.492. The first-order valence-electron chi connectivity index (χ1n) is 10.3. The quantitative estimate of drug-likeness (QED) is 0.403. The molecule has 2 aromatic heterocycles. The van der Waals surface area contributed by atoms with Crippen molar-refractivity contribution in [2.75, 3.05) is 0 Å². The first-order valence-corrected chi connectivity index (χ1v) is 10.6. The Balaban J connectivity index is 1.80. The van der Waals surface area contributed by atoms with E-state index >= 15 is 0 Å². The molecule has 0 spiro atoms. The van der Waals surface area contributed by atoms with Crippen LogP contribution in [0.4, 0.5) is 0 Å². The summed E-state index contributed by atoms with van der Waals surface area (Å²) in [4.78, 5) is 22.8. The highest BCUT2D eigenvalue weighted by Crippen LogP contribution is 2.32. The Morgan fingerprint density at radius 3 is 2.62 bits per heavy atom. The summed E-state index contributed by atoms with van der Waals surface area (Å²) < 4.78 is 1.86. The number of aromatic nitrogens is 3. The molecule has 1 aliphatic carbocycles. The average molecular weight is 404 g/mol. The zero-order valence-electron chi connectivity index (χ0n) is 16.1. The van der Waals surface area contributed by atoms with Crippen molar-refractivity contribution in [2.45, 2.75) is 38.6 Å². The number of benzene rings is 2. The van der Waals surface area contributed by atoms with E-state index in [2.05, 4.69) is 4.98 Å². The molecule has 29 heavy (non-hydrogen) atoms. The van der Waals surface area contributed by atoms with Crippen molar-refractivity contribution in [3.63, 3.8) is 0 Å². The van der Waals surface area contributed by atoms with Crippen LogP contribution in [0.15, 0.2) is 59.5 Å². The van der Waals surface area contributed by atoms with Crippen LogP contribution in [-0.4, -0.2) is 14.5 Å². The Morgan fingerprint density at radius 2 is 1.83 bits per heavy atom. The molecule has 5 rings (SSSR count). The van der Waals surface area contributed by atoms with E-state index < -0.39 is 0 Å². The van der Waals surface area contributed by atoms with Gasteiger partial charge >= 0.3 is 0 Å². The second-order valence-electron chi connectivity index (χ2n) is 7.88. The molecule has 1 fully saturated rings. The summed E-state index contributed by atoms with van der Waals surface area (Å²) in [5, 5.41) is 1.44. The van der Waals surface area contributed by atoms with Gasteiger partial charge in [0.2, 0.25) is 0 Å². The van der Waals surface area contributed by atoms with Gasteiger partial charge < -0.3 is 4.57 Å². The smallest absolute Gasteiger partial charge is 0.277 e. The number of hydrogen-bond donors (Lipinski definition) is 0. The van der Waals surface area contributed by atoms with E-state index in [1.54, 1.807) is 6.20 Å². The minimum atomic E-state index is -0.0774. The normalized spacial score (nSPS) is 15.2. The lowest BCUT2D eigenvalue weighted by Crippen LogP contribution is -2.28. The Bertz CT molecular complexity index is 1240. The monoisotopic (exact) mass is 403 g/mol. The van der Waals surface area contributed by atoms with Crippen LogP contribution in [0, 0.1) is 5.92 Å². The first-order chi connectivity index (χ1) is 14.2. The molecule has 4 aromatic rings. The highest BCUT2D eigenvalue weighted by atomic mass is 35.5. The topological polar surface area (TPSA) is 47.8 Å². The van der Waals surface area contributed by atoms with Crippen molar-refractivity contribution >= 4 is 33.5 Å². The summed E-state index contributed by atoms with van der Waals surface area (Å²) in [6, 6.07) is 15.5. The number of nitrogens with zero attached hydrogens (tertiary/aromatic N) is 3. The summed E-state index contributed by atoms with van der Waals surface area (Å²) in [6.45, 7) is 0.676. The van der Waals surface area contributed by atoms with Crippen LogP contribution in [0.3, 0.4) is 0 Å². The highest BCUT2D eigenvalue weighted by molar-refractivity contribution is 6.39. The van der Waals surface area contributed by atoms with E-state index in [1.807, 2.05) is 53.1 Å². The highest BCUT2D eigenvalue weighted by Gasteiger charge is 2.21. The predicted molar refractivity (Wildman–Crippen MR) is 118 cm³/mol. The summed E-state index contributed by atoms with van der Waals surface area (Å²) in [5.41, 5.74) is 3.39. The first kappa shape index (κ1) is 18.3. The number of pyridine rings is 1. The minimum Gasteiger partial charge on any atom is -0.303 e. The molecule has 0 aliphatic heterocycles. The Morgan fingerprint density at radius 1 is 1.03 bits per heavy atom. The number of hydrogen-bond acceptors (Lipinski definition) is 3. The Kier molecular flexibility index (Phi) is 4.80. The molecule has 0 N–H and O–H groups in total. The van der Waals surface area contributed by atoms with Crippen LogP contribution >= 0.6 is 11.6 Å². The maximum Gasteiger partial charge on any atom is 0.277 e. The van der Waals surface area contributed by atoms with Gasteiger partial charge in [0.1, 0.15) is 5.69 Å². The minimum absolute atomic E-state index is 0.0774. The van der Waals surface area contributed by atoms with Crippen molar-refractivity contribution in [3.8, 4) is 11.3 Å². The molecule has 5 heteroatoms. The number of rotatable bonds is 3. The van der Waals surface area contributed by atoms with Crippen LogP contribution in [0.2, 0.25) is 5.02 Å². The largest absolute Gasteiger partial charge is 0.303 e. The van der Waals surface area contributed by atoms with E-state index in [9.17, 15) is 4.79 Å². The van der Waals surface area contributed by atoms with E-state index in [0.717, 1.165) is 29.3 Å². The van der Waals surface area contributed by atoms with E-state index in [0.29, 0.717) is 34.2 Å². The fraction of sp³-hybridized carbons (Fsp3) is 0.292. The van der Waals surface area contributed by atoms with E-state index in [-0.39, 0.29) is 5.56 Å². The van der Waals surface area contributed by atoms with Crippen LogP contribution in [0.1, 0.15) is 32.1 Å². The third-order valence-corrected chi connectivity index (χ3v) is 6.31. The molecule has 2 heterocycles. The molecule has 2 aromatic carbocycles. The molecular formula is C24H22ClN3O. The lowest BCUT2D eigenvalue weighted by atomic mass is 9.89. The van der Waals surface area contributed by atoms with Gasteiger partial charge in [-0.25, -0.2) is 4.98 Å². The molecule has 0 radical (unpaired) electrons. The second kappa shape index (κ2) is 7.60. The van der Waals surface area contributed by atoms with Gasteiger partial charge in [0.15, 0.2) is 0 Å². The van der Waals surface area contributed by atoms with Gasteiger partial charge in [-0.2, -0.15) is 0 Å². The molecule has 1 aliphatic rings. The number of halogens is 1. The molecule has 4 nitrogen and oxygen atoms in total. The zero-order valence-corrected chi connectivity index (χ0v) is 16.9. The lowest BCUT2D eigenvalue weighted by Gasteiger charge is -2.24. The zero-order chi connectivity index (χ0) is 19.8. The van der Waals surface area contributed by atoms with Gasteiger partial charge in [0.25, 0.3) is 5.56 Å². The lowest BCUT2D eigenvalue weighted by molar-refractivity contribution is 0.319. The molecule has 0 saturated heterocycles. The van der Waals surface area contributed by atoms with Crippen LogP contribution in [0.5, 0.6) is 0 Å². The summed E-state index contributed by atoms with van der Waals surface area (Å²) in [7, 11) is 0. The molecule has 146 valence electrons. The number of fused-ring (bicyclic) bond motifs is 2. The van der Waals surface area contributed by atoms with Crippen molar-refractivity contribution < 1.29 is 0 Å². The second-order valence-corrected chi connectivity index (χ2v) is 8.26. The third kappa shape index (κ3) is 3.32. The molecule has 0 bridgehead atoms. The third-order valence-electron chi connectivity index (χ3n) is 5.95. The van der Waals surface area contributed by atoms with Crippen molar-refractivity contribution in [2.24, 2.45) is 5.92 Å². The van der Waals surface area contributed by atoms with E-state index in [1.165, 1.54) is 19.3 Å². The van der Waals surface area contributed by atoms with Gasteiger partial charge in [0, 0.05) is 23.7 Å². The maximum atomic E-state index is 13.6. The molecule has 0 amide bonds. The van der Waals surface area contributed by atoms with Gasteiger partial charge in [-0.3, -0.25) is 9.78 Å². The van der Waals surface area contributed by atoms with Gasteiger partial charge in [0.05, 0.1) is 21.6 Å². The van der Waals surface area contributed by atoms with Crippen molar-refractivity contribution in [1.82, 2.24) is 14.5 Å². The van der Waals surface area contributed by atoms with Gasteiger partial charge in [-0.15, -0.1) is 0 Å². The van der Waals surface area contributed by atoms with Crippen LogP contribution in [0.25, 0.3) is 33.2 Å². The fourth-order valence-electron chi connectivity index (χ4n) is 4.48. The summed E-state index contributed by atoms with van der Waals surface area (Å²) >= 11 is 6.81. The summed E-state index contributed by atoms with van der Waals surface area (Å²) in [6.07, 6.45) is 7.78. The van der Waals surface area contributed by atoms with Gasteiger partial charge in [-0.05, 0) is 30.9 Å². The average Bonchev–Trinajstić information content (AvgIpc) is 2.77. The maximum absolute atomic E-state index is 13.6. The molecule has 0 atom stereocenters. The van der Waals surface area contributed by atoms with Gasteiger partial charge in [-0.1, -0.05) is 67.3 Å². The standard InChI is InChI=1S/C24H22ClN3O/c25-20-21-18(12-7-13-26-21)14-19-23(20)28(15-16-8-3-1-4-9-16)24(29)22(27-19)17-10-5-2-6-11-17/h2,5-7,10-14,16H,1,3-4,8-9,15H2. The Labute approximate surface area is 174 Å². The molecule has 0 unspecified atom stereocenters. The Hall–Kier alpha value is -2.72. The van der Waals surface area contributed by atoms with Crippen molar-refractivity contribution in [1.29, 1.82) is 0 Å². The van der Waals surface area contributed by atoms with Crippen molar-refractivity contribution in [3.05, 3.63) is 70.1 Å². The SMILES string of the molecule is O=c1c(-c2ccccc2)nc2cc3cccnc3c(Cl)c2n1CC1CCCCC1. The van der Waals surface area contributed by atoms with Crippen LogP contribution in [-0.2, 0) is 6.54 Å². The van der Waals surface area contributed by atoms with E-state index in [4.69, 9.17) is 16.6 Å².